The van der Waals surface area contributed by atoms with Gasteiger partial charge in [-0.15, -0.1) is 11.3 Å². The molecule has 1 aliphatic rings. The topological polar surface area (TPSA) is 46.3 Å². The zero-order valence-corrected chi connectivity index (χ0v) is 12.9. The van der Waals surface area contributed by atoms with Crippen molar-refractivity contribution in [1.29, 1.82) is 0 Å². The van der Waals surface area contributed by atoms with Gasteiger partial charge in [-0.05, 0) is 37.1 Å². The summed E-state index contributed by atoms with van der Waals surface area (Å²) in [5, 5.41) is 0.748. The fourth-order valence-corrected chi connectivity index (χ4v) is 3.65. The van der Waals surface area contributed by atoms with Crippen molar-refractivity contribution in [2.45, 2.75) is 13.3 Å². The van der Waals surface area contributed by atoms with Gasteiger partial charge >= 0.3 is 0 Å². The van der Waals surface area contributed by atoms with E-state index in [0.29, 0.717) is 18.0 Å². The average molecular weight is 310 g/mol. The summed E-state index contributed by atoms with van der Waals surface area (Å²) in [7, 11) is 0. The quantitative estimate of drug-likeness (QED) is 0.721. The van der Waals surface area contributed by atoms with Crippen LogP contribution in [0.1, 0.15) is 20.9 Å². The lowest BCUT2D eigenvalue weighted by atomic mass is 10.2. The van der Waals surface area contributed by atoms with Crippen LogP contribution in [0.2, 0.25) is 0 Å². The normalized spacial score (nSPS) is 13.4. The van der Waals surface area contributed by atoms with E-state index < -0.39 is 0 Å². The molecule has 3 aromatic rings. The SMILES string of the molecule is Cc1sc(-c2ccco2)nc1C(=O)N1CCc2ccccc21. The maximum Gasteiger partial charge on any atom is 0.278 e. The minimum atomic E-state index is -0.0310. The molecule has 0 radical (unpaired) electrons. The van der Waals surface area contributed by atoms with Crippen LogP contribution >= 0.6 is 11.3 Å². The van der Waals surface area contributed by atoms with E-state index in [2.05, 4.69) is 11.1 Å². The summed E-state index contributed by atoms with van der Waals surface area (Å²) in [5.41, 5.74) is 2.74. The van der Waals surface area contributed by atoms with Gasteiger partial charge in [0.05, 0.1) is 6.26 Å². The number of furan rings is 1. The average Bonchev–Trinajstić information content (AvgIpc) is 3.25. The zero-order chi connectivity index (χ0) is 15.1. The first-order valence-electron chi connectivity index (χ1n) is 7.15. The van der Waals surface area contributed by atoms with Gasteiger partial charge in [0, 0.05) is 17.1 Å². The molecule has 4 nitrogen and oxygen atoms in total. The summed E-state index contributed by atoms with van der Waals surface area (Å²) in [6, 6.07) is 11.7. The van der Waals surface area contributed by atoms with Gasteiger partial charge in [-0.3, -0.25) is 4.79 Å². The Kier molecular flexibility index (Phi) is 3.08. The van der Waals surface area contributed by atoms with Crippen molar-refractivity contribution in [2.75, 3.05) is 11.4 Å². The molecule has 0 saturated carbocycles. The molecule has 1 aliphatic heterocycles. The fraction of sp³-hybridized carbons (Fsp3) is 0.176. The van der Waals surface area contributed by atoms with Crippen molar-refractivity contribution < 1.29 is 9.21 Å². The Morgan fingerprint density at radius 3 is 2.95 bits per heavy atom. The first-order valence-corrected chi connectivity index (χ1v) is 7.97. The molecule has 0 fully saturated rings. The Morgan fingerprint density at radius 1 is 1.27 bits per heavy atom. The van der Waals surface area contributed by atoms with E-state index in [9.17, 15) is 4.79 Å². The van der Waals surface area contributed by atoms with Gasteiger partial charge < -0.3 is 9.32 Å². The predicted molar refractivity (Wildman–Crippen MR) is 86.4 cm³/mol. The highest BCUT2D eigenvalue weighted by Gasteiger charge is 2.28. The zero-order valence-electron chi connectivity index (χ0n) is 12.1. The van der Waals surface area contributed by atoms with E-state index in [1.165, 1.54) is 16.9 Å². The summed E-state index contributed by atoms with van der Waals surface area (Å²) >= 11 is 1.49. The molecule has 0 bridgehead atoms. The Hall–Kier alpha value is -2.40. The first-order chi connectivity index (χ1) is 10.7. The summed E-state index contributed by atoms with van der Waals surface area (Å²) in [4.78, 5) is 20.1. The van der Waals surface area contributed by atoms with Crippen LogP contribution in [-0.2, 0) is 6.42 Å². The molecule has 0 saturated heterocycles. The molecule has 1 amide bonds. The van der Waals surface area contributed by atoms with Gasteiger partial charge in [-0.2, -0.15) is 0 Å². The predicted octanol–water partition coefficient (Wildman–Crippen LogP) is 3.91. The number of amides is 1. The second kappa shape index (κ2) is 5.10. The molecular formula is C17H14N2O2S. The molecule has 3 heterocycles. The molecule has 2 aromatic heterocycles. The van der Waals surface area contributed by atoms with Crippen molar-refractivity contribution in [3.05, 3.63) is 58.8 Å². The highest BCUT2D eigenvalue weighted by molar-refractivity contribution is 7.15. The number of hydrogen-bond acceptors (Lipinski definition) is 4. The number of benzene rings is 1. The Balaban J connectivity index is 1.70. The number of carbonyl (C=O) groups is 1. The second-order valence-electron chi connectivity index (χ2n) is 5.24. The van der Waals surface area contributed by atoms with Crippen LogP contribution in [0, 0.1) is 6.92 Å². The molecule has 110 valence electrons. The molecule has 0 N–H and O–H groups in total. The molecule has 0 atom stereocenters. The van der Waals surface area contributed by atoms with Crippen LogP contribution in [0.25, 0.3) is 10.8 Å². The lowest BCUT2D eigenvalue weighted by Crippen LogP contribution is -2.29. The minimum absolute atomic E-state index is 0.0310. The number of thiazole rings is 1. The van der Waals surface area contributed by atoms with Crippen molar-refractivity contribution in [2.24, 2.45) is 0 Å². The highest BCUT2D eigenvalue weighted by Crippen LogP contribution is 2.32. The van der Waals surface area contributed by atoms with E-state index in [1.807, 2.05) is 42.2 Å². The number of nitrogens with zero attached hydrogens (tertiary/aromatic N) is 2. The van der Waals surface area contributed by atoms with Gasteiger partial charge in [0.1, 0.15) is 5.69 Å². The number of para-hydroxylation sites is 1. The maximum atomic E-state index is 12.9. The smallest absolute Gasteiger partial charge is 0.278 e. The third kappa shape index (κ3) is 2.05. The standard InChI is InChI=1S/C17H14N2O2S/c1-11-15(18-16(22-11)14-7-4-10-21-14)17(20)19-9-8-12-5-2-3-6-13(12)19/h2-7,10H,8-9H2,1H3. The highest BCUT2D eigenvalue weighted by atomic mass is 32.1. The van der Waals surface area contributed by atoms with Crippen molar-refractivity contribution >= 4 is 22.9 Å². The van der Waals surface area contributed by atoms with Gasteiger partial charge in [0.25, 0.3) is 5.91 Å². The van der Waals surface area contributed by atoms with Gasteiger partial charge in [0.15, 0.2) is 10.8 Å². The molecule has 0 unspecified atom stereocenters. The van der Waals surface area contributed by atoms with Crippen LogP contribution in [0.4, 0.5) is 5.69 Å². The van der Waals surface area contributed by atoms with Crippen LogP contribution in [0.3, 0.4) is 0 Å². The number of fused-ring (bicyclic) bond motifs is 1. The van der Waals surface area contributed by atoms with Crippen molar-refractivity contribution in [3.8, 4) is 10.8 Å². The number of hydrogen-bond donors (Lipinski definition) is 0. The molecule has 22 heavy (non-hydrogen) atoms. The number of carbonyl (C=O) groups excluding carboxylic acids is 1. The van der Waals surface area contributed by atoms with E-state index in [0.717, 1.165) is 22.0 Å². The second-order valence-corrected chi connectivity index (χ2v) is 6.44. The third-order valence-electron chi connectivity index (χ3n) is 3.86. The molecule has 4 rings (SSSR count). The molecular weight excluding hydrogens is 296 g/mol. The van der Waals surface area contributed by atoms with Crippen molar-refractivity contribution in [1.82, 2.24) is 4.98 Å². The largest absolute Gasteiger partial charge is 0.462 e. The summed E-state index contributed by atoms with van der Waals surface area (Å²) < 4.78 is 5.37. The molecule has 5 heteroatoms. The summed E-state index contributed by atoms with van der Waals surface area (Å²) in [6.45, 7) is 2.64. The number of aromatic nitrogens is 1. The Morgan fingerprint density at radius 2 is 2.14 bits per heavy atom. The van der Waals surface area contributed by atoms with Gasteiger partial charge in [0.2, 0.25) is 0 Å². The van der Waals surface area contributed by atoms with E-state index in [1.54, 1.807) is 6.26 Å². The molecule has 0 aliphatic carbocycles. The van der Waals surface area contributed by atoms with Gasteiger partial charge in [-0.25, -0.2) is 4.98 Å². The Labute approximate surface area is 132 Å². The molecule has 1 aromatic carbocycles. The van der Waals surface area contributed by atoms with E-state index in [-0.39, 0.29) is 5.91 Å². The fourth-order valence-electron chi connectivity index (χ4n) is 2.78. The van der Waals surface area contributed by atoms with Gasteiger partial charge in [-0.1, -0.05) is 18.2 Å². The molecule has 0 spiro atoms. The Bertz CT molecular complexity index is 836. The van der Waals surface area contributed by atoms with E-state index >= 15 is 0 Å². The minimum Gasteiger partial charge on any atom is -0.462 e. The van der Waals surface area contributed by atoms with E-state index in [4.69, 9.17) is 4.42 Å². The van der Waals surface area contributed by atoms with Crippen molar-refractivity contribution in [3.63, 3.8) is 0 Å². The van der Waals surface area contributed by atoms with Crippen LogP contribution in [0.5, 0.6) is 0 Å². The number of aryl methyl sites for hydroxylation is 1. The lowest BCUT2D eigenvalue weighted by Gasteiger charge is -2.16. The summed E-state index contributed by atoms with van der Waals surface area (Å²) in [6.07, 6.45) is 2.51. The third-order valence-corrected chi connectivity index (χ3v) is 4.85. The van der Waals surface area contributed by atoms with Crippen LogP contribution in [-0.4, -0.2) is 17.4 Å². The van der Waals surface area contributed by atoms with Crippen LogP contribution in [0.15, 0.2) is 47.1 Å². The lowest BCUT2D eigenvalue weighted by molar-refractivity contribution is 0.0985. The monoisotopic (exact) mass is 310 g/mol. The number of anilines is 1. The summed E-state index contributed by atoms with van der Waals surface area (Å²) in [5.74, 6) is 0.672. The number of rotatable bonds is 2. The maximum absolute atomic E-state index is 12.9. The van der Waals surface area contributed by atoms with Crippen LogP contribution < -0.4 is 4.90 Å². The first kappa shape index (κ1) is 13.3.